The van der Waals surface area contributed by atoms with E-state index in [9.17, 15) is 4.79 Å². The van der Waals surface area contributed by atoms with Gasteiger partial charge in [0.25, 0.3) is 0 Å². The summed E-state index contributed by atoms with van der Waals surface area (Å²) in [5, 5.41) is 10.1. The van der Waals surface area contributed by atoms with Crippen LogP contribution in [-0.2, 0) is 11.3 Å². The molecule has 6 heteroatoms. The Kier molecular flexibility index (Phi) is 8.55. The van der Waals surface area contributed by atoms with E-state index in [4.69, 9.17) is 4.99 Å². The molecule has 3 N–H and O–H groups in total. The number of anilines is 1. The van der Waals surface area contributed by atoms with Crippen LogP contribution < -0.4 is 16.0 Å². The number of carbonyl (C=O) groups is 1. The summed E-state index contributed by atoms with van der Waals surface area (Å²) in [7, 11) is 0. The van der Waals surface area contributed by atoms with Gasteiger partial charge in [0.2, 0.25) is 5.91 Å². The molecule has 1 saturated heterocycles. The van der Waals surface area contributed by atoms with E-state index >= 15 is 0 Å². The number of likely N-dealkylation sites (tertiary alicyclic amines) is 1. The highest BCUT2D eigenvalue weighted by Gasteiger charge is 2.23. The van der Waals surface area contributed by atoms with Crippen molar-refractivity contribution in [3.8, 4) is 0 Å². The summed E-state index contributed by atoms with van der Waals surface area (Å²) in [6, 6.07) is 9.16. The van der Waals surface area contributed by atoms with E-state index in [1.807, 2.05) is 18.2 Å². The van der Waals surface area contributed by atoms with Gasteiger partial charge in [-0.2, -0.15) is 0 Å². The zero-order valence-corrected chi connectivity index (χ0v) is 18.9. The summed E-state index contributed by atoms with van der Waals surface area (Å²) in [5.41, 5.74) is 1.98. The molecule has 1 aliphatic carbocycles. The normalized spacial score (nSPS) is 19.3. The molecule has 0 bridgehead atoms. The van der Waals surface area contributed by atoms with Crippen molar-refractivity contribution >= 4 is 17.6 Å². The molecule has 1 aromatic rings. The first-order valence-electron chi connectivity index (χ1n) is 11.7. The van der Waals surface area contributed by atoms with Gasteiger partial charge in [-0.1, -0.05) is 25.0 Å². The van der Waals surface area contributed by atoms with Crippen LogP contribution in [0.5, 0.6) is 0 Å². The van der Waals surface area contributed by atoms with Crippen LogP contribution in [0.1, 0.15) is 64.9 Å². The largest absolute Gasteiger partial charge is 0.357 e. The van der Waals surface area contributed by atoms with E-state index in [-0.39, 0.29) is 11.8 Å². The smallest absolute Gasteiger partial charge is 0.227 e. The molecule has 30 heavy (non-hydrogen) atoms. The number of hydrogen-bond donors (Lipinski definition) is 3. The molecule has 1 aromatic carbocycles. The number of aliphatic imine (C=N–C) groups is 1. The summed E-state index contributed by atoms with van der Waals surface area (Å²) in [4.78, 5) is 19.7. The molecule has 2 aliphatic rings. The standard InChI is InChI=1S/C24H39N5O/c1-4-25-24(28-21-12-14-29(15-13-21)18(2)3)26-17-19-8-7-11-22(16-19)27-23(30)20-9-5-6-10-20/h7-8,11,16,18,20-21H,4-6,9-10,12-15,17H2,1-3H3,(H,27,30)(H2,25,26,28). The number of piperidine rings is 1. The Morgan fingerprint density at radius 3 is 2.57 bits per heavy atom. The second-order valence-corrected chi connectivity index (χ2v) is 8.91. The fraction of sp³-hybridized carbons (Fsp3) is 0.667. The van der Waals surface area contributed by atoms with Gasteiger partial charge < -0.3 is 20.9 Å². The first-order chi connectivity index (χ1) is 14.5. The Hall–Kier alpha value is -2.08. The minimum atomic E-state index is 0.163. The summed E-state index contributed by atoms with van der Waals surface area (Å²) in [6.45, 7) is 10.3. The number of nitrogens with zero attached hydrogens (tertiary/aromatic N) is 2. The van der Waals surface area contributed by atoms with Crippen LogP contribution in [0.3, 0.4) is 0 Å². The monoisotopic (exact) mass is 413 g/mol. The molecule has 1 heterocycles. The Labute approximate surface area is 181 Å². The van der Waals surface area contributed by atoms with Crippen LogP contribution >= 0.6 is 0 Å². The maximum Gasteiger partial charge on any atom is 0.227 e. The van der Waals surface area contributed by atoms with Gasteiger partial charge >= 0.3 is 0 Å². The zero-order chi connectivity index (χ0) is 21.3. The fourth-order valence-electron chi connectivity index (χ4n) is 4.42. The van der Waals surface area contributed by atoms with Crippen molar-refractivity contribution in [3.63, 3.8) is 0 Å². The molecule has 0 spiro atoms. The second-order valence-electron chi connectivity index (χ2n) is 8.91. The van der Waals surface area contributed by atoms with E-state index in [2.05, 4.69) is 47.7 Å². The van der Waals surface area contributed by atoms with Crippen LogP contribution in [0, 0.1) is 5.92 Å². The van der Waals surface area contributed by atoms with Crippen molar-refractivity contribution in [1.29, 1.82) is 0 Å². The number of rotatable bonds is 7. The van der Waals surface area contributed by atoms with Crippen LogP contribution in [0.25, 0.3) is 0 Å². The number of amides is 1. The summed E-state index contributed by atoms with van der Waals surface area (Å²) < 4.78 is 0. The van der Waals surface area contributed by atoms with E-state index < -0.39 is 0 Å². The van der Waals surface area contributed by atoms with Crippen molar-refractivity contribution in [2.45, 2.75) is 77.9 Å². The van der Waals surface area contributed by atoms with Gasteiger partial charge in [-0.25, -0.2) is 4.99 Å². The molecular formula is C24H39N5O. The third-order valence-corrected chi connectivity index (χ3v) is 6.29. The third kappa shape index (κ3) is 6.73. The number of guanidine groups is 1. The average molecular weight is 414 g/mol. The van der Waals surface area contributed by atoms with Gasteiger partial charge in [0, 0.05) is 43.3 Å². The highest BCUT2D eigenvalue weighted by molar-refractivity contribution is 5.92. The Morgan fingerprint density at radius 1 is 1.17 bits per heavy atom. The molecular weight excluding hydrogens is 374 g/mol. The maximum absolute atomic E-state index is 12.4. The topological polar surface area (TPSA) is 68.8 Å². The zero-order valence-electron chi connectivity index (χ0n) is 18.9. The molecule has 1 saturated carbocycles. The Balaban J connectivity index is 1.54. The van der Waals surface area contributed by atoms with Crippen molar-refractivity contribution in [3.05, 3.63) is 29.8 Å². The molecule has 0 radical (unpaired) electrons. The van der Waals surface area contributed by atoms with Gasteiger partial charge in [0.15, 0.2) is 5.96 Å². The minimum Gasteiger partial charge on any atom is -0.357 e. The SMILES string of the molecule is CCNC(=NCc1cccc(NC(=O)C2CCCC2)c1)NC1CCN(C(C)C)CC1. The first kappa shape index (κ1) is 22.6. The third-order valence-electron chi connectivity index (χ3n) is 6.29. The van der Waals surface area contributed by atoms with Crippen molar-refractivity contribution in [1.82, 2.24) is 15.5 Å². The van der Waals surface area contributed by atoms with Crippen molar-refractivity contribution in [2.75, 3.05) is 25.0 Å². The second kappa shape index (κ2) is 11.3. The summed E-state index contributed by atoms with van der Waals surface area (Å²) in [5.74, 6) is 1.22. The van der Waals surface area contributed by atoms with Gasteiger partial charge in [-0.05, 0) is 64.2 Å². The maximum atomic E-state index is 12.4. The van der Waals surface area contributed by atoms with E-state index in [0.717, 1.165) is 62.5 Å². The van der Waals surface area contributed by atoms with Crippen LogP contribution in [0.2, 0.25) is 0 Å². The lowest BCUT2D eigenvalue weighted by molar-refractivity contribution is -0.119. The van der Waals surface area contributed by atoms with Gasteiger partial charge in [-0.15, -0.1) is 0 Å². The van der Waals surface area contributed by atoms with E-state index in [0.29, 0.717) is 18.6 Å². The molecule has 1 aliphatic heterocycles. The molecule has 166 valence electrons. The van der Waals surface area contributed by atoms with Crippen molar-refractivity contribution < 1.29 is 4.79 Å². The molecule has 0 aromatic heterocycles. The lowest BCUT2D eigenvalue weighted by Gasteiger charge is -2.35. The van der Waals surface area contributed by atoms with Crippen LogP contribution in [-0.4, -0.2) is 48.5 Å². The van der Waals surface area contributed by atoms with E-state index in [1.165, 1.54) is 12.8 Å². The predicted octanol–water partition coefficient (Wildman–Crippen LogP) is 3.74. The summed E-state index contributed by atoms with van der Waals surface area (Å²) >= 11 is 0. The first-order valence-corrected chi connectivity index (χ1v) is 11.7. The lowest BCUT2D eigenvalue weighted by Crippen LogP contribution is -2.49. The molecule has 0 atom stereocenters. The average Bonchev–Trinajstić information content (AvgIpc) is 3.28. The molecule has 6 nitrogen and oxygen atoms in total. The van der Waals surface area contributed by atoms with Gasteiger partial charge in [0.1, 0.15) is 0 Å². The molecule has 3 rings (SSSR count). The number of nitrogens with one attached hydrogen (secondary N) is 3. The van der Waals surface area contributed by atoms with Gasteiger partial charge in [-0.3, -0.25) is 4.79 Å². The van der Waals surface area contributed by atoms with Gasteiger partial charge in [0.05, 0.1) is 6.54 Å². The Morgan fingerprint density at radius 2 is 1.90 bits per heavy atom. The predicted molar refractivity (Wildman–Crippen MR) is 125 cm³/mol. The highest BCUT2D eigenvalue weighted by atomic mass is 16.1. The quantitative estimate of drug-likeness (QED) is 0.470. The summed E-state index contributed by atoms with van der Waals surface area (Å²) in [6.07, 6.45) is 6.66. The fourth-order valence-corrected chi connectivity index (χ4v) is 4.42. The number of hydrogen-bond acceptors (Lipinski definition) is 3. The Bertz CT molecular complexity index is 703. The van der Waals surface area contributed by atoms with Crippen LogP contribution in [0.4, 0.5) is 5.69 Å². The highest BCUT2D eigenvalue weighted by Crippen LogP contribution is 2.26. The van der Waals surface area contributed by atoms with Crippen molar-refractivity contribution in [2.24, 2.45) is 10.9 Å². The molecule has 2 fully saturated rings. The lowest BCUT2D eigenvalue weighted by atomic mass is 10.0. The molecule has 0 unspecified atom stereocenters. The number of benzene rings is 1. The molecule has 1 amide bonds. The van der Waals surface area contributed by atoms with E-state index in [1.54, 1.807) is 0 Å². The minimum absolute atomic E-state index is 0.163. The number of carbonyl (C=O) groups excluding carboxylic acids is 1. The van der Waals surface area contributed by atoms with Crippen LogP contribution in [0.15, 0.2) is 29.3 Å².